The van der Waals surface area contributed by atoms with Gasteiger partial charge in [-0.25, -0.2) is 0 Å². The van der Waals surface area contributed by atoms with Crippen LogP contribution in [-0.4, -0.2) is 23.5 Å². The molecule has 142 valence electrons. The quantitative estimate of drug-likeness (QED) is 0.642. The summed E-state index contributed by atoms with van der Waals surface area (Å²) in [6, 6.07) is 11.5. The second-order valence-corrected chi connectivity index (χ2v) is 7.15. The molecule has 1 unspecified atom stereocenters. The van der Waals surface area contributed by atoms with Crippen molar-refractivity contribution < 1.29 is 19.2 Å². The fourth-order valence-electron chi connectivity index (χ4n) is 3.34. The molecule has 1 heterocycles. The number of nitro groups is 1. The second-order valence-electron chi connectivity index (χ2n) is 7.15. The predicted molar refractivity (Wildman–Crippen MR) is 100 cm³/mol. The first-order chi connectivity index (χ1) is 12.8. The minimum atomic E-state index is -0.470. The van der Waals surface area contributed by atoms with Crippen molar-refractivity contribution in [2.45, 2.75) is 38.3 Å². The van der Waals surface area contributed by atoms with Gasteiger partial charge in [0.15, 0.2) is 0 Å². The highest BCUT2D eigenvalue weighted by molar-refractivity contribution is 5.80. The maximum absolute atomic E-state index is 12.6. The normalized spacial score (nSPS) is 17.4. The van der Waals surface area contributed by atoms with E-state index in [0.29, 0.717) is 23.5 Å². The number of nitrogens with one attached hydrogen (secondary N) is 1. The lowest BCUT2D eigenvalue weighted by molar-refractivity contribution is -0.385. The number of ether oxygens (including phenoxy) is 2. The highest BCUT2D eigenvalue weighted by atomic mass is 16.6. The van der Waals surface area contributed by atoms with E-state index >= 15 is 0 Å². The molecular formula is C20H22N2O5. The fourth-order valence-corrected chi connectivity index (χ4v) is 3.34. The summed E-state index contributed by atoms with van der Waals surface area (Å²) in [5.41, 5.74) is 0.744. The first-order valence-electron chi connectivity index (χ1n) is 8.68. The van der Waals surface area contributed by atoms with Gasteiger partial charge in [0.05, 0.1) is 24.5 Å². The third-order valence-electron chi connectivity index (χ3n) is 4.55. The van der Waals surface area contributed by atoms with E-state index in [0.717, 1.165) is 5.56 Å². The molecule has 1 atom stereocenters. The van der Waals surface area contributed by atoms with Crippen LogP contribution in [0.4, 0.5) is 5.69 Å². The zero-order valence-corrected chi connectivity index (χ0v) is 15.5. The summed E-state index contributed by atoms with van der Waals surface area (Å²) in [5, 5.41) is 14.1. The van der Waals surface area contributed by atoms with Gasteiger partial charge in [0, 0.05) is 29.7 Å². The van der Waals surface area contributed by atoms with E-state index in [1.54, 1.807) is 31.4 Å². The Morgan fingerprint density at radius 1 is 1.33 bits per heavy atom. The van der Waals surface area contributed by atoms with E-state index in [4.69, 9.17) is 9.47 Å². The lowest BCUT2D eigenvalue weighted by atomic mass is 9.89. The number of methoxy groups -OCH3 is 1. The van der Waals surface area contributed by atoms with Gasteiger partial charge in [-0.2, -0.15) is 0 Å². The summed E-state index contributed by atoms with van der Waals surface area (Å²) < 4.78 is 11.3. The van der Waals surface area contributed by atoms with Gasteiger partial charge in [-0.1, -0.05) is 18.2 Å². The molecule has 1 aliphatic heterocycles. The molecule has 0 radical (unpaired) electrons. The van der Waals surface area contributed by atoms with Crippen molar-refractivity contribution in [3.05, 3.63) is 63.7 Å². The van der Waals surface area contributed by atoms with Crippen molar-refractivity contribution in [2.75, 3.05) is 7.11 Å². The molecule has 0 aromatic heterocycles. The Morgan fingerprint density at radius 3 is 2.78 bits per heavy atom. The molecule has 1 amide bonds. The van der Waals surface area contributed by atoms with Gasteiger partial charge in [-0.15, -0.1) is 0 Å². The lowest BCUT2D eigenvalue weighted by Gasteiger charge is -2.38. The van der Waals surface area contributed by atoms with Crippen LogP contribution in [0.1, 0.15) is 37.4 Å². The van der Waals surface area contributed by atoms with Crippen molar-refractivity contribution in [3.8, 4) is 11.5 Å². The van der Waals surface area contributed by atoms with Crippen molar-refractivity contribution in [1.82, 2.24) is 5.32 Å². The lowest BCUT2D eigenvalue weighted by Crippen LogP contribution is -2.41. The van der Waals surface area contributed by atoms with Crippen LogP contribution in [0.25, 0.3) is 0 Å². The van der Waals surface area contributed by atoms with Crippen molar-refractivity contribution in [1.29, 1.82) is 0 Å². The first-order valence-corrected chi connectivity index (χ1v) is 8.68. The highest BCUT2D eigenvalue weighted by Gasteiger charge is 2.35. The van der Waals surface area contributed by atoms with Crippen LogP contribution < -0.4 is 14.8 Å². The van der Waals surface area contributed by atoms with Crippen molar-refractivity contribution in [3.63, 3.8) is 0 Å². The number of carbonyl (C=O) groups excluding carboxylic acids is 1. The number of nitro benzene ring substituents is 1. The van der Waals surface area contributed by atoms with E-state index in [1.165, 1.54) is 6.07 Å². The number of hydrogen-bond donors (Lipinski definition) is 1. The second kappa shape index (κ2) is 7.26. The zero-order chi connectivity index (χ0) is 19.6. The van der Waals surface area contributed by atoms with Crippen LogP contribution in [0.3, 0.4) is 0 Å². The van der Waals surface area contributed by atoms with E-state index in [2.05, 4.69) is 5.32 Å². The molecule has 0 saturated carbocycles. The van der Waals surface area contributed by atoms with Gasteiger partial charge in [0.2, 0.25) is 5.91 Å². The highest BCUT2D eigenvalue weighted by Crippen LogP contribution is 2.41. The summed E-state index contributed by atoms with van der Waals surface area (Å²) in [7, 11) is 1.59. The van der Waals surface area contributed by atoms with Gasteiger partial charge in [0.25, 0.3) is 5.69 Å². The van der Waals surface area contributed by atoms with Crippen LogP contribution in [0.2, 0.25) is 0 Å². The van der Waals surface area contributed by atoms with Crippen LogP contribution in [-0.2, 0) is 11.2 Å². The summed E-state index contributed by atoms with van der Waals surface area (Å²) in [6.45, 7) is 3.91. The number of benzene rings is 2. The summed E-state index contributed by atoms with van der Waals surface area (Å²) in [5.74, 6) is 1.08. The molecule has 0 spiro atoms. The van der Waals surface area contributed by atoms with Crippen LogP contribution >= 0.6 is 0 Å². The molecule has 1 N–H and O–H groups in total. The monoisotopic (exact) mass is 370 g/mol. The number of nitrogens with zero attached hydrogens (tertiary/aromatic N) is 1. The molecule has 7 heteroatoms. The van der Waals surface area contributed by atoms with Gasteiger partial charge in [-0.3, -0.25) is 14.9 Å². The van der Waals surface area contributed by atoms with Gasteiger partial charge in [0.1, 0.15) is 17.1 Å². The molecule has 27 heavy (non-hydrogen) atoms. The number of hydrogen-bond acceptors (Lipinski definition) is 5. The van der Waals surface area contributed by atoms with Crippen molar-refractivity contribution >= 4 is 11.6 Å². The van der Waals surface area contributed by atoms with E-state index < -0.39 is 10.5 Å². The molecule has 1 aliphatic rings. The Bertz CT molecular complexity index is 878. The summed E-state index contributed by atoms with van der Waals surface area (Å²) >= 11 is 0. The van der Waals surface area contributed by atoms with E-state index in [1.807, 2.05) is 26.0 Å². The fraction of sp³-hybridized carbons (Fsp3) is 0.350. The Morgan fingerprint density at radius 2 is 2.07 bits per heavy atom. The molecule has 0 saturated heterocycles. The van der Waals surface area contributed by atoms with Gasteiger partial charge >= 0.3 is 0 Å². The molecule has 0 fully saturated rings. The van der Waals surface area contributed by atoms with Crippen LogP contribution in [0, 0.1) is 10.1 Å². The van der Waals surface area contributed by atoms with Crippen molar-refractivity contribution in [2.24, 2.45) is 0 Å². The molecule has 2 aromatic carbocycles. The standard InChI is InChI=1S/C20H22N2O5/c1-20(2)12-16(15-9-8-14(26-3)11-18(15)27-20)21-19(23)10-13-6-4-5-7-17(13)22(24)25/h4-9,11,16H,10,12H2,1-3H3,(H,21,23). The average Bonchev–Trinajstić information content (AvgIpc) is 2.60. The molecule has 2 aromatic rings. The third-order valence-corrected chi connectivity index (χ3v) is 4.55. The predicted octanol–water partition coefficient (Wildman–Crippen LogP) is 3.56. The maximum Gasteiger partial charge on any atom is 0.273 e. The molecular weight excluding hydrogens is 348 g/mol. The number of rotatable bonds is 5. The Labute approximate surface area is 157 Å². The average molecular weight is 370 g/mol. The van der Waals surface area contributed by atoms with Gasteiger partial charge < -0.3 is 14.8 Å². The largest absolute Gasteiger partial charge is 0.497 e. The van der Waals surface area contributed by atoms with E-state index in [9.17, 15) is 14.9 Å². The minimum absolute atomic E-state index is 0.0508. The maximum atomic E-state index is 12.6. The Hall–Kier alpha value is -3.09. The molecule has 0 aliphatic carbocycles. The van der Waals surface area contributed by atoms with Crippen LogP contribution in [0.15, 0.2) is 42.5 Å². The topological polar surface area (TPSA) is 90.7 Å². The third kappa shape index (κ3) is 4.19. The van der Waals surface area contributed by atoms with E-state index in [-0.39, 0.29) is 24.1 Å². The minimum Gasteiger partial charge on any atom is -0.497 e. The molecule has 0 bridgehead atoms. The summed E-state index contributed by atoms with van der Waals surface area (Å²) in [4.78, 5) is 23.3. The molecule has 7 nitrogen and oxygen atoms in total. The summed E-state index contributed by atoms with van der Waals surface area (Å²) in [6.07, 6.45) is 0.537. The Kier molecular flexibility index (Phi) is 5.03. The smallest absolute Gasteiger partial charge is 0.273 e. The van der Waals surface area contributed by atoms with Gasteiger partial charge in [-0.05, 0) is 26.0 Å². The Balaban J connectivity index is 1.81. The first kappa shape index (κ1) is 18.7. The van der Waals surface area contributed by atoms with Crippen LogP contribution in [0.5, 0.6) is 11.5 Å². The number of fused-ring (bicyclic) bond motifs is 1. The zero-order valence-electron chi connectivity index (χ0n) is 15.5. The number of para-hydroxylation sites is 1. The number of carbonyl (C=O) groups is 1. The number of amides is 1. The SMILES string of the molecule is COc1ccc2c(c1)OC(C)(C)CC2NC(=O)Cc1ccccc1[N+](=O)[O-]. The molecule has 3 rings (SSSR count).